The summed E-state index contributed by atoms with van der Waals surface area (Å²) in [7, 11) is 0. The number of aliphatic hydroxyl groups excluding tert-OH is 3. The fraction of sp³-hybridized carbons (Fsp3) is 1.00. The number of ether oxygens (including phenoxy) is 2. The highest BCUT2D eigenvalue weighted by molar-refractivity contribution is 5.18. The molecule has 0 aliphatic carbocycles. The van der Waals surface area contributed by atoms with Crippen molar-refractivity contribution in [3.63, 3.8) is 0 Å². The second-order valence-electron chi connectivity index (χ2n) is 5.87. The van der Waals surface area contributed by atoms with Crippen molar-refractivity contribution in [3.8, 4) is 0 Å². The van der Waals surface area contributed by atoms with Crippen molar-refractivity contribution < 1.29 is 24.8 Å². The van der Waals surface area contributed by atoms with Crippen LogP contribution in [0.5, 0.6) is 0 Å². The molecule has 3 rings (SSSR count). The Morgan fingerprint density at radius 1 is 1.05 bits per heavy atom. The van der Waals surface area contributed by atoms with E-state index in [1.807, 2.05) is 0 Å². The van der Waals surface area contributed by atoms with Crippen molar-refractivity contribution >= 4 is 0 Å². The summed E-state index contributed by atoms with van der Waals surface area (Å²) in [5.41, 5.74) is -2.26. The lowest BCUT2D eigenvalue weighted by Gasteiger charge is -2.47. The van der Waals surface area contributed by atoms with Gasteiger partial charge >= 0.3 is 0 Å². The molecule has 3 aliphatic rings. The van der Waals surface area contributed by atoms with E-state index in [0.29, 0.717) is 6.61 Å². The fourth-order valence-electron chi connectivity index (χ4n) is 2.99. The smallest absolute Gasteiger partial charge is 0.176 e. The first kappa shape index (κ1) is 16.1. The van der Waals surface area contributed by atoms with Crippen LogP contribution in [0.3, 0.4) is 0 Å². The average Bonchev–Trinajstić information content (AvgIpc) is 2.74. The molecular formula is C14H27NO5. The van der Waals surface area contributed by atoms with Gasteiger partial charge in [-0.1, -0.05) is 39.0 Å². The standard InChI is InChI=1S/C14H27NO5/c1-2-3-4-5-6-7-8-19-10-14-12(18)11(17)13(9-16,15-14)20-14/h11-12,15-18H,2-10H2,1H3/t11-,12-,13+,14-/m0/s1. The topological polar surface area (TPSA) is 91.2 Å². The van der Waals surface area contributed by atoms with E-state index >= 15 is 0 Å². The van der Waals surface area contributed by atoms with E-state index in [1.54, 1.807) is 0 Å². The molecular weight excluding hydrogens is 262 g/mol. The molecule has 0 amide bonds. The van der Waals surface area contributed by atoms with Gasteiger partial charge in [0, 0.05) is 6.61 Å². The van der Waals surface area contributed by atoms with Crippen molar-refractivity contribution in [2.24, 2.45) is 0 Å². The molecule has 6 nitrogen and oxygen atoms in total. The Balaban J connectivity index is 1.59. The van der Waals surface area contributed by atoms with E-state index in [-0.39, 0.29) is 13.2 Å². The van der Waals surface area contributed by atoms with Crippen molar-refractivity contribution in [1.29, 1.82) is 0 Å². The number of unbranched alkanes of at least 4 members (excludes halogenated alkanes) is 5. The highest BCUT2D eigenvalue weighted by Gasteiger charge is 2.73. The van der Waals surface area contributed by atoms with Crippen LogP contribution in [0.25, 0.3) is 0 Å². The summed E-state index contributed by atoms with van der Waals surface area (Å²) in [6, 6.07) is 0. The average molecular weight is 289 g/mol. The van der Waals surface area contributed by atoms with E-state index in [1.165, 1.54) is 25.7 Å². The second-order valence-corrected chi connectivity index (χ2v) is 5.87. The van der Waals surface area contributed by atoms with Crippen molar-refractivity contribution in [3.05, 3.63) is 0 Å². The third-order valence-corrected chi connectivity index (χ3v) is 4.24. The van der Waals surface area contributed by atoms with Gasteiger partial charge in [-0.05, 0) is 6.42 Å². The molecule has 2 bridgehead atoms. The summed E-state index contributed by atoms with van der Waals surface area (Å²) in [5, 5.41) is 31.8. The van der Waals surface area contributed by atoms with E-state index in [0.717, 1.165) is 12.8 Å². The van der Waals surface area contributed by atoms with Crippen molar-refractivity contribution in [2.75, 3.05) is 19.8 Å². The van der Waals surface area contributed by atoms with E-state index < -0.39 is 23.7 Å². The summed E-state index contributed by atoms with van der Waals surface area (Å²) in [5.74, 6) is 0. The van der Waals surface area contributed by atoms with Gasteiger partial charge in [0.25, 0.3) is 0 Å². The molecule has 0 aromatic rings. The molecule has 4 atom stereocenters. The first-order chi connectivity index (χ1) is 9.60. The van der Waals surface area contributed by atoms with Gasteiger partial charge in [0.1, 0.15) is 12.2 Å². The number of fused-ring (bicyclic) bond motifs is 1. The van der Waals surface area contributed by atoms with Crippen LogP contribution < -0.4 is 5.32 Å². The second kappa shape index (κ2) is 6.68. The lowest BCUT2D eigenvalue weighted by Crippen LogP contribution is -2.74. The molecule has 0 aromatic carbocycles. The minimum Gasteiger partial charge on any atom is -0.392 e. The summed E-state index contributed by atoms with van der Waals surface area (Å²) in [6.07, 6.45) is 4.98. The zero-order valence-corrected chi connectivity index (χ0v) is 12.2. The molecule has 6 heteroatoms. The molecule has 0 saturated carbocycles. The number of hydrogen-bond donors (Lipinski definition) is 4. The van der Waals surface area contributed by atoms with Crippen LogP contribution >= 0.6 is 0 Å². The summed E-state index contributed by atoms with van der Waals surface area (Å²) < 4.78 is 11.0. The Kier molecular flexibility index (Phi) is 5.39. The highest BCUT2D eigenvalue weighted by atomic mass is 16.7. The number of hydrogen-bond acceptors (Lipinski definition) is 6. The lowest BCUT2D eigenvalue weighted by molar-refractivity contribution is -0.303. The number of nitrogens with one attached hydrogen (secondary N) is 1. The van der Waals surface area contributed by atoms with Crippen LogP contribution in [0, 0.1) is 0 Å². The summed E-state index contributed by atoms with van der Waals surface area (Å²) >= 11 is 0. The first-order valence-electron chi connectivity index (χ1n) is 7.64. The van der Waals surface area contributed by atoms with Crippen LogP contribution in [0.1, 0.15) is 45.4 Å². The molecule has 0 aromatic heterocycles. The van der Waals surface area contributed by atoms with E-state index in [2.05, 4.69) is 12.2 Å². The molecule has 4 N–H and O–H groups in total. The van der Waals surface area contributed by atoms with Crippen LogP contribution in [-0.2, 0) is 9.47 Å². The molecule has 20 heavy (non-hydrogen) atoms. The third kappa shape index (κ3) is 2.86. The van der Waals surface area contributed by atoms with Gasteiger partial charge in [-0.3, -0.25) is 5.32 Å². The van der Waals surface area contributed by atoms with Gasteiger partial charge < -0.3 is 24.8 Å². The zero-order valence-electron chi connectivity index (χ0n) is 12.2. The molecule has 118 valence electrons. The van der Waals surface area contributed by atoms with Crippen LogP contribution in [0.15, 0.2) is 0 Å². The third-order valence-electron chi connectivity index (χ3n) is 4.24. The number of rotatable bonds is 10. The molecule has 3 saturated heterocycles. The Morgan fingerprint density at radius 3 is 2.25 bits per heavy atom. The maximum atomic E-state index is 9.93. The molecule has 0 unspecified atom stereocenters. The Hall–Kier alpha value is -0.240. The SMILES string of the molecule is CCCCCCCCOC[C@]12N[C@](CO)(O1)[C@@H](O)[C@@H]2O. The van der Waals surface area contributed by atoms with Crippen LogP contribution in [-0.4, -0.2) is 58.8 Å². The van der Waals surface area contributed by atoms with E-state index in [4.69, 9.17) is 9.47 Å². The van der Waals surface area contributed by atoms with Crippen LogP contribution in [0.2, 0.25) is 0 Å². The lowest BCUT2D eigenvalue weighted by atomic mass is 10.1. The maximum Gasteiger partial charge on any atom is 0.176 e. The van der Waals surface area contributed by atoms with Crippen LogP contribution in [0.4, 0.5) is 0 Å². The Labute approximate surface area is 120 Å². The first-order valence-corrected chi connectivity index (χ1v) is 7.64. The highest BCUT2D eigenvalue weighted by Crippen LogP contribution is 2.46. The zero-order chi connectivity index (χ0) is 14.6. The largest absolute Gasteiger partial charge is 0.392 e. The molecule has 0 spiro atoms. The molecule has 3 fully saturated rings. The predicted molar refractivity (Wildman–Crippen MR) is 73.0 cm³/mol. The van der Waals surface area contributed by atoms with Crippen molar-refractivity contribution in [2.45, 2.75) is 69.1 Å². The van der Waals surface area contributed by atoms with E-state index in [9.17, 15) is 15.3 Å². The Bertz CT molecular complexity index is 306. The minimum atomic E-state index is -1.21. The molecule has 0 radical (unpaired) electrons. The summed E-state index contributed by atoms with van der Waals surface area (Å²) in [4.78, 5) is 0. The van der Waals surface area contributed by atoms with Gasteiger partial charge in [0.2, 0.25) is 0 Å². The Morgan fingerprint density at radius 2 is 1.65 bits per heavy atom. The van der Waals surface area contributed by atoms with Gasteiger partial charge in [-0.2, -0.15) is 0 Å². The van der Waals surface area contributed by atoms with Crippen molar-refractivity contribution in [1.82, 2.24) is 5.32 Å². The fourth-order valence-corrected chi connectivity index (χ4v) is 2.99. The maximum absolute atomic E-state index is 9.93. The van der Waals surface area contributed by atoms with Gasteiger partial charge in [-0.15, -0.1) is 0 Å². The normalized spacial score (nSPS) is 39.0. The monoisotopic (exact) mass is 289 g/mol. The predicted octanol–water partition coefficient (Wildman–Crippen LogP) is 0.104. The molecule has 3 aliphatic heterocycles. The minimum absolute atomic E-state index is 0.182. The van der Waals surface area contributed by atoms with Gasteiger partial charge in [0.05, 0.1) is 13.2 Å². The number of aliphatic hydroxyl groups is 3. The summed E-state index contributed by atoms with van der Waals surface area (Å²) in [6.45, 7) is 2.63. The van der Waals surface area contributed by atoms with Gasteiger partial charge in [0.15, 0.2) is 11.4 Å². The van der Waals surface area contributed by atoms with Gasteiger partial charge in [-0.25, -0.2) is 0 Å². The quantitative estimate of drug-likeness (QED) is 0.427. The molecule has 3 heterocycles.